The van der Waals surface area contributed by atoms with E-state index in [0.717, 1.165) is 9.54 Å². The number of esters is 1. The highest BCUT2D eigenvalue weighted by Gasteiger charge is 2.37. The quantitative estimate of drug-likeness (QED) is 0.622. The van der Waals surface area contributed by atoms with E-state index in [1.165, 1.54) is 42.1 Å². The Morgan fingerprint density at radius 1 is 1.23 bits per heavy atom. The normalized spacial score (nSPS) is 16.5. The van der Waals surface area contributed by atoms with Crippen molar-refractivity contribution in [3.05, 3.63) is 53.9 Å². The molecule has 0 bridgehead atoms. The van der Waals surface area contributed by atoms with E-state index in [4.69, 9.17) is 0 Å². The van der Waals surface area contributed by atoms with Crippen LogP contribution in [-0.2, 0) is 29.1 Å². The smallest absolute Gasteiger partial charge is 0.325 e. The highest BCUT2D eigenvalue weighted by molar-refractivity contribution is 8.00. The minimum absolute atomic E-state index is 0.116. The van der Waals surface area contributed by atoms with Crippen LogP contribution in [0, 0.1) is 6.92 Å². The number of nitrogens with zero attached hydrogens (tertiary/aromatic N) is 2. The monoisotopic (exact) mass is 451 g/mol. The van der Waals surface area contributed by atoms with Gasteiger partial charge < -0.3 is 15.0 Å². The average molecular weight is 452 g/mol. The van der Waals surface area contributed by atoms with Crippen LogP contribution in [0.3, 0.4) is 0 Å². The third kappa shape index (κ3) is 4.51. The maximum Gasteiger partial charge on any atom is 0.325 e. The molecule has 1 aromatic carbocycles. The van der Waals surface area contributed by atoms with Crippen LogP contribution >= 0.6 is 11.8 Å². The summed E-state index contributed by atoms with van der Waals surface area (Å²) in [7, 11) is -2.67. The summed E-state index contributed by atoms with van der Waals surface area (Å²) in [6.45, 7) is 1.25. The van der Waals surface area contributed by atoms with Crippen LogP contribution < -0.4 is 5.32 Å². The molecular weight excluding hydrogens is 430 g/mol. The predicted molar refractivity (Wildman–Crippen MR) is 110 cm³/mol. The second-order valence-electron chi connectivity index (χ2n) is 6.58. The van der Waals surface area contributed by atoms with E-state index in [1.807, 2.05) is 6.92 Å². The van der Waals surface area contributed by atoms with E-state index in [1.54, 1.807) is 24.3 Å². The van der Waals surface area contributed by atoms with Gasteiger partial charge in [0.15, 0.2) is 0 Å². The van der Waals surface area contributed by atoms with Gasteiger partial charge in [-0.05, 0) is 31.2 Å². The number of hydrogen-bond donors (Lipinski definition) is 1. The van der Waals surface area contributed by atoms with Crippen molar-refractivity contribution in [1.29, 1.82) is 0 Å². The first-order valence-electron chi connectivity index (χ1n) is 8.98. The van der Waals surface area contributed by atoms with Crippen molar-refractivity contribution in [2.45, 2.75) is 17.2 Å². The summed E-state index contributed by atoms with van der Waals surface area (Å²) < 4.78 is 31.8. The lowest BCUT2D eigenvalue weighted by Gasteiger charge is -2.24. The predicted octanol–water partition coefficient (Wildman–Crippen LogP) is 0.897. The number of carbonyl (C=O) groups excluding carboxylic acids is 3. The van der Waals surface area contributed by atoms with Gasteiger partial charge in [0.2, 0.25) is 11.8 Å². The maximum atomic E-state index is 13.1. The summed E-state index contributed by atoms with van der Waals surface area (Å²) in [5, 5.41) is 1.73. The number of thioether (sulfide) groups is 1. The van der Waals surface area contributed by atoms with Gasteiger partial charge in [-0.15, -0.1) is 11.8 Å². The van der Waals surface area contributed by atoms with Crippen molar-refractivity contribution in [3.63, 3.8) is 0 Å². The lowest BCUT2D eigenvalue weighted by molar-refractivity contribution is -0.141. The number of methoxy groups -OCH3 is 1. The highest BCUT2D eigenvalue weighted by atomic mass is 32.2. The molecule has 30 heavy (non-hydrogen) atoms. The summed E-state index contributed by atoms with van der Waals surface area (Å²) in [5.74, 6) is -1.33. The molecule has 1 fully saturated rings. The number of aryl methyl sites for hydroxylation is 1. The van der Waals surface area contributed by atoms with E-state index in [9.17, 15) is 22.8 Å². The van der Waals surface area contributed by atoms with Crippen molar-refractivity contribution in [1.82, 2.24) is 14.2 Å². The highest BCUT2D eigenvalue weighted by Crippen LogP contribution is 2.39. The number of aromatic nitrogens is 1. The maximum absolute atomic E-state index is 13.1. The van der Waals surface area contributed by atoms with Crippen LogP contribution in [0.5, 0.6) is 0 Å². The Morgan fingerprint density at radius 3 is 2.60 bits per heavy atom. The van der Waals surface area contributed by atoms with Gasteiger partial charge >= 0.3 is 5.97 Å². The van der Waals surface area contributed by atoms with Crippen LogP contribution in [0.15, 0.2) is 47.5 Å². The van der Waals surface area contributed by atoms with E-state index in [2.05, 4.69) is 10.1 Å². The minimum Gasteiger partial charge on any atom is -0.468 e. The number of rotatable bonds is 7. The molecule has 1 saturated heterocycles. The number of nitrogens with one attached hydrogen (secondary N) is 1. The zero-order valence-electron chi connectivity index (χ0n) is 16.4. The summed E-state index contributed by atoms with van der Waals surface area (Å²) in [5.41, 5.74) is 1.30. The Morgan fingerprint density at radius 2 is 1.93 bits per heavy atom. The van der Waals surface area contributed by atoms with E-state index < -0.39 is 27.3 Å². The SMILES string of the molecule is COC(=O)CNC(=O)CN1C(=O)CSC1c1cccn1S(=O)(=O)c1ccc(C)cc1. The van der Waals surface area contributed by atoms with Crippen LogP contribution in [-0.4, -0.2) is 61.0 Å². The van der Waals surface area contributed by atoms with Crippen LogP contribution in [0.1, 0.15) is 16.6 Å². The van der Waals surface area contributed by atoms with E-state index >= 15 is 0 Å². The van der Waals surface area contributed by atoms with Crippen LogP contribution in [0.4, 0.5) is 0 Å². The number of benzene rings is 1. The number of amides is 2. The molecule has 1 aliphatic rings. The largest absolute Gasteiger partial charge is 0.468 e. The van der Waals surface area contributed by atoms with Crippen molar-refractivity contribution in [2.75, 3.05) is 26.0 Å². The topological polar surface area (TPSA) is 115 Å². The zero-order valence-corrected chi connectivity index (χ0v) is 18.0. The van der Waals surface area contributed by atoms with Gasteiger partial charge in [0.25, 0.3) is 10.0 Å². The Labute approximate surface area is 178 Å². The van der Waals surface area contributed by atoms with Crippen molar-refractivity contribution >= 4 is 39.6 Å². The molecule has 2 aromatic rings. The molecule has 2 amide bonds. The Kier molecular flexibility index (Phi) is 6.52. The second-order valence-corrected chi connectivity index (χ2v) is 9.47. The molecule has 11 heteroatoms. The molecule has 3 rings (SSSR count). The molecule has 0 aliphatic carbocycles. The van der Waals surface area contributed by atoms with Crippen molar-refractivity contribution < 1.29 is 27.5 Å². The molecule has 160 valence electrons. The van der Waals surface area contributed by atoms with Gasteiger partial charge in [-0.1, -0.05) is 17.7 Å². The van der Waals surface area contributed by atoms with Gasteiger partial charge in [0.05, 0.1) is 23.5 Å². The molecule has 1 unspecified atom stereocenters. The molecule has 0 spiro atoms. The van der Waals surface area contributed by atoms with Crippen molar-refractivity contribution in [3.8, 4) is 0 Å². The second kappa shape index (κ2) is 8.92. The van der Waals surface area contributed by atoms with Crippen LogP contribution in [0.25, 0.3) is 0 Å². The molecule has 1 N–H and O–H groups in total. The van der Waals surface area contributed by atoms with Crippen LogP contribution in [0.2, 0.25) is 0 Å². The van der Waals surface area contributed by atoms with Gasteiger partial charge in [0.1, 0.15) is 18.5 Å². The summed E-state index contributed by atoms with van der Waals surface area (Å²) in [4.78, 5) is 37.1. The number of ether oxygens (including phenoxy) is 1. The lowest BCUT2D eigenvalue weighted by Crippen LogP contribution is -2.41. The first kappa shape index (κ1) is 21.9. The first-order chi connectivity index (χ1) is 14.2. The van der Waals surface area contributed by atoms with Gasteiger partial charge in [-0.25, -0.2) is 12.4 Å². The molecule has 1 atom stereocenters. The fraction of sp³-hybridized carbons (Fsp3) is 0.316. The summed E-state index contributed by atoms with van der Waals surface area (Å²) >= 11 is 1.23. The molecule has 1 aromatic heterocycles. The zero-order chi connectivity index (χ0) is 21.9. The lowest BCUT2D eigenvalue weighted by atomic mass is 10.2. The summed E-state index contributed by atoms with van der Waals surface area (Å²) in [6.07, 6.45) is 1.42. The summed E-state index contributed by atoms with van der Waals surface area (Å²) in [6, 6.07) is 9.67. The fourth-order valence-electron chi connectivity index (χ4n) is 2.94. The first-order valence-corrected chi connectivity index (χ1v) is 11.5. The third-order valence-electron chi connectivity index (χ3n) is 4.51. The molecule has 9 nitrogen and oxygen atoms in total. The van der Waals surface area contributed by atoms with E-state index in [0.29, 0.717) is 5.69 Å². The number of carbonyl (C=O) groups is 3. The van der Waals surface area contributed by atoms with Crippen molar-refractivity contribution in [2.24, 2.45) is 0 Å². The van der Waals surface area contributed by atoms with Gasteiger partial charge in [-0.2, -0.15) is 0 Å². The Bertz CT molecular complexity index is 1060. The number of hydrogen-bond acceptors (Lipinski definition) is 7. The minimum atomic E-state index is -3.87. The molecular formula is C19H21N3O6S2. The molecule has 2 heterocycles. The molecule has 0 saturated carbocycles. The van der Waals surface area contributed by atoms with Gasteiger partial charge in [-0.3, -0.25) is 14.4 Å². The third-order valence-corrected chi connectivity index (χ3v) is 7.46. The Balaban J connectivity index is 1.84. The van der Waals surface area contributed by atoms with Gasteiger partial charge in [0, 0.05) is 6.20 Å². The molecule has 0 radical (unpaired) electrons. The Hall–Kier alpha value is -2.79. The fourth-order valence-corrected chi connectivity index (χ4v) is 5.58. The molecule has 1 aliphatic heterocycles. The standard InChI is InChI=1S/C19H21N3O6S2/c1-13-5-7-14(8-6-13)30(26,27)22-9-3-4-15(22)19-21(17(24)12-29-19)11-16(23)20-10-18(25)28-2/h3-9,19H,10-12H2,1-2H3,(H,20,23). The van der Waals surface area contributed by atoms with E-state index in [-0.39, 0.29) is 29.6 Å². The average Bonchev–Trinajstić information content (AvgIpc) is 3.34.